The van der Waals surface area contributed by atoms with E-state index >= 15 is 0 Å². The van der Waals surface area contributed by atoms with E-state index in [4.69, 9.17) is 0 Å². The number of nitrogens with zero attached hydrogens (tertiary/aromatic N) is 3. The van der Waals surface area contributed by atoms with Crippen molar-refractivity contribution in [3.05, 3.63) is 60.5 Å². The fourth-order valence-electron chi connectivity index (χ4n) is 2.50. The average Bonchev–Trinajstić information content (AvgIpc) is 2.54. The van der Waals surface area contributed by atoms with Crippen molar-refractivity contribution in [1.82, 2.24) is 19.1 Å². The molecule has 0 bridgehead atoms. The minimum absolute atomic E-state index is 0.212. The zero-order chi connectivity index (χ0) is 17.9. The molecule has 128 valence electrons. The Balaban J connectivity index is 2.61. The van der Waals surface area contributed by atoms with E-state index in [-0.39, 0.29) is 16.8 Å². The van der Waals surface area contributed by atoms with Crippen LogP contribution >= 0.6 is 0 Å². The molecule has 0 spiro atoms. The van der Waals surface area contributed by atoms with Gasteiger partial charge in [-0.2, -0.15) is 0 Å². The zero-order valence-electron chi connectivity index (χ0n) is 14.4. The molecular formula is C17H22N4O3. The van der Waals surface area contributed by atoms with Gasteiger partial charge >= 0.3 is 5.69 Å². The first-order valence-corrected chi connectivity index (χ1v) is 7.95. The van der Waals surface area contributed by atoms with Gasteiger partial charge in [0.15, 0.2) is 0 Å². The van der Waals surface area contributed by atoms with Crippen molar-refractivity contribution in [2.45, 2.75) is 33.1 Å². The summed E-state index contributed by atoms with van der Waals surface area (Å²) >= 11 is 0. The summed E-state index contributed by atoms with van der Waals surface area (Å²) in [5, 5.41) is 0. The van der Waals surface area contributed by atoms with Crippen molar-refractivity contribution in [2.24, 2.45) is 14.1 Å². The van der Waals surface area contributed by atoms with Gasteiger partial charge in [-0.05, 0) is 24.5 Å². The largest absolute Gasteiger partial charge is 0.330 e. The summed E-state index contributed by atoms with van der Waals surface area (Å²) in [6.07, 6.45) is 5.37. The minimum atomic E-state index is -0.383. The highest BCUT2D eigenvalue weighted by Crippen LogP contribution is 2.16. The second kappa shape index (κ2) is 7.25. The summed E-state index contributed by atoms with van der Waals surface area (Å²) in [6, 6.07) is 1.49. The fourth-order valence-corrected chi connectivity index (χ4v) is 2.50. The highest BCUT2D eigenvalue weighted by Gasteiger charge is 2.09. The number of allylic oxidation sites excluding steroid dienone is 1. The second-order valence-electron chi connectivity index (χ2n) is 5.70. The molecule has 0 saturated carbocycles. The van der Waals surface area contributed by atoms with Crippen LogP contribution in [-0.4, -0.2) is 19.1 Å². The first-order valence-electron chi connectivity index (χ1n) is 7.95. The number of hydrogen-bond acceptors (Lipinski definition) is 4. The molecule has 2 aromatic rings. The zero-order valence-corrected chi connectivity index (χ0v) is 14.4. The van der Waals surface area contributed by atoms with Crippen molar-refractivity contribution in [1.29, 1.82) is 0 Å². The summed E-state index contributed by atoms with van der Waals surface area (Å²) in [7, 11) is 3.03. The van der Waals surface area contributed by atoms with Gasteiger partial charge in [-0.1, -0.05) is 20.3 Å². The number of aromatic amines is 1. The van der Waals surface area contributed by atoms with Gasteiger partial charge in [0, 0.05) is 32.1 Å². The van der Waals surface area contributed by atoms with Crippen molar-refractivity contribution in [3.63, 3.8) is 0 Å². The van der Waals surface area contributed by atoms with Crippen LogP contribution in [0.15, 0.2) is 26.6 Å². The van der Waals surface area contributed by atoms with E-state index in [0.717, 1.165) is 28.7 Å². The molecule has 0 aromatic carbocycles. The van der Waals surface area contributed by atoms with Crippen LogP contribution < -0.4 is 16.8 Å². The predicted molar refractivity (Wildman–Crippen MR) is 93.9 cm³/mol. The van der Waals surface area contributed by atoms with Crippen molar-refractivity contribution in [3.8, 4) is 0 Å². The van der Waals surface area contributed by atoms with Gasteiger partial charge in [0.1, 0.15) is 5.82 Å². The van der Waals surface area contributed by atoms with Crippen LogP contribution in [0.5, 0.6) is 0 Å². The Hall–Kier alpha value is -2.70. The van der Waals surface area contributed by atoms with Crippen LogP contribution in [0.3, 0.4) is 0 Å². The summed E-state index contributed by atoms with van der Waals surface area (Å²) in [6.45, 7) is 3.94. The van der Waals surface area contributed by atoms with E-state index in [1.807, 2.05) is 13.8 Å². The van der Waals surface area contributed by atoms with E-state index < -0.39 is 0 Å². The summed E-state index contributed by atoms with van der Waals surface area (Å²) in [5.41, 5.74) is 0.865. The molecule has 0 unspecified atom stereocenters. The second-order valence-corrected chi connectivity index (χ2v) is 5.70. The SMILES string of the molecule is CCCc1cc(=O)[nH]c(/C(=C/c2cn(C)c(=O)n(C)c2=O)CC)n1. The number of H-pyrrole nitrogens is 1. The third-order valence-electron chi connectivity index (χ3n) is 3.79. The van der Waals surface area contributed by atoms with E-state index in [9.17, 15) is 14.4 Å². The van der Waals surface area contributed by atoms with E-state index in [1.165, 1.54) is 23.9 Å². The quantitative estimate of drug-likeness (QED) is 0.888. The lowest BCUT2D eigenvalue weighted by molar-refractivity contribution is 0.683. The Morgan fingerprint density at radius 3 is 2.58 bits per heavy atom. The molecule has 7 heteroatoms. The van der Waals surface area contributed by atoms with Crippen LogP contribution in [0.25, 0.3) is 11.6 Å². The average molecular weight is 330 g/mol. The van der Waals surface area contributed by atoms with Crippen molar-refractivity contribution >= 4 is 11.6 Å². The van der Waals surface area contributed by atoms with Crippen molar-refractivity contribution < 1.29 is 0 Å². The first kappa shape index (κ1) is 17.7. The summed E-state index contributed by atoms with van der Waals surface area (Å²) in [5.74, 6) is 0.462. The normalized spacial score (nSPS) is 11.8. The maximum Gasteiger partial charge on any atom is 0.330 e. The maximum absolute atomic E-state index is 12.3. The van der Waals surface area contributed by atoms with Crippen LogP contribution in [0.2, 0.25) is 0 Å². The molecule has 7 nitrogen and oxygen atoms in total. The fraction of sp³-hybridized carbons (Fsp3) is 0.412. The molecule has 24 heavy (non-hydrogen) atoms. The molecule has 0 aliphatic rings. The molecule has 1 N–H and O–H groups in total. The number of nitrogens with one attached hydrogen (secondary N) is 1. The lowest BCUT2D eigenvalue weighted by atomic mass is 10.1. The van der Waals surface area contributed by atoms with Gasteiger partial charge in [0.05, 0.1) is 5.56 Å². The number of aromatic nitrogens is 4. The smallest absolute Gasteiger partial charge is 0.307 e. The van der Waals surface area contributed by atoms with Crippen LogP contribution in [0.1, 0.15) is 43.8 Å². The molecule has 2 aromatic heterocycles. The lowest BCUT2D eigenvalue weighted by Gasteiger charge is -2.08. The van der Waals surface area contributed by atoms with Crippen LogP contribution in [-0.2, 0) is 20.5 Å². The van der Waals surface area contributed by atoms with Crippen molar-refractivity contribution in [2.75, 3.05) is 0 Å². The third-order valence-corrected chi connectivity index (χ3v) is 3.79. The van der Waals surface area contributed by atoms with Crippen LogP contribution in [0.4, 0.5) is 0 Å². The molecule has 0 fully saturated rings. The topological polar surface area (TPSA) is 89.8 Å². The van der Waals surface area contributed by atoms with Crippen LogP contribution in [0, 0.1) is 0 Å². The Bertz CT molecular complexity index is 948. The van der Waals surface area contributed by atoms with Gasteiger partial charge in [-0.25, -0.2) is 9.78 Å². The Morgan fingerprint density at radius 1 is 1.25 bits per heavy atom. The summed E-state index contributed by atoms with van der Waals surface area (Å²) in [4.78, 5) is 43.1. The van der Waals surface area contributed by atoms with E-state index in [2.05, 4.69) is 9.97 Å². The van der Waals surface area contributed by atoms with Gasteiger partial charge < -0.3 is 9.55 Å². The molecule has 0 aliphatic carbocycles. The van der Waals surface area contributed by atoms with Gasteiger partial charge in [0.25, 0.3) is 11.1 Å². The van der Waals surface area contributed by atoms with Gasteiger partial charge in [0.2, 0.25) is 0 Å². The highest BCUT2D eigenvalue weighted by molar-refractivity contribution is 5.77. The highest BCUT2D eigenvalue weighted by atomic mass is 16.2. The molecule has 2 heterocycles. The predicted octanol–water partition coefficient (Wildman–Crippen LogP) is 1.07. The molecule has 0 aliphatic heterocycles. The molecular weight excluding hydrogens is 308 g/mol. The summed E-state index contributed by atoms with van der Waals surface area (Å²) < 4.78 is 2.41. The molecule has 0 amide bonds. The number of aryl methyl sites for hydroxylation is 2. The molecule has 0 atom stereocenters. The Morgan fingerprint density at radius 2 is 1.96 bits per heavy atom. The molecule has 0 saturated heterocycles. The third kappa shape index (κ3) is 3.61. The first-order chi connectivity index (χ1) is 11.4. The van der Waals surface area contributed by atoms with Gasteiger partial charge in [-0.15, -0.1) is 0 Å². The minimum Gasteiger partial charge on any atom is -0.307 e. The monoisotopic (exact) mass is 330 g/mol. The standard InChI is InChI=1S/C17H22N4O3/c1-5-7-13-9-14(22)19-15(18-13)11(6-2)8-12-10-20(3)17(24)21(4)16(12)23/h8-10H,5-7H2,1-4H3,(H,18,19,22)/b11-8+. The maximum atomic E-state index is 12.3. The number of hydrogen-bond donors (Lipinski definition) is 1. The number of rotatable bonds is 5. The Labute approximate surface area is 139 Å². The molecule has 0 radical (unpaired) electrons. The van der Waals surface area contributed by atoms with E-state index in [1.54, 1.807) is 13.1 Å². The molecule has 2 rings (SSSR count). The van der Waals surface area contributed by atoms with Gasteiger partial charge in [-0.3, -0.25) is 14.2 Å². The lowest BCUT2D eigenvalue weighted by Crippen LogP contribution is -2.37. The van der Waals surface area contributed by atoms with E-state index in [0.29, 0.717) is 17.8 Å². The Kier molecular flexibility index (Phi) is 5.33.